The first-order chi connectivity index (χ1) is 7.61. The summed E-state index contributed by atoms with van der Waals surface area (Å²) in [5.41, 5.74) is 13.6. The van der Waals surface area contributed by atoms with E-state index in [0.29, 0.717) is 11.9 Å². The number of nitrogens with zero attached hydrogens (tertiary/aromatic N) is 2. The molecule has 3 N–H and O–H groups in total. The van der Waals surface area contributed by atoms with Crippen molar-refractivity contribution in [1.82, 2.24) is 5.43 Å². The van der Waals surface area contributed by atoms with E-state index in [1.54, 1.807) is 7.05 Å². The third kappa shape index (κ3) is 2.69. The molecule has 17 heavy (non-hydrogen) atoms. The molecule has 0 spiro atoms. The van der Waals surface area contributed by atoms with Gasteiger partial charge in [0.1, 0.15) is 0 Å². The number of hydrogen-bond acceptors (Lipinski definition) is 2. The largest absolute Gasteiger partial charge is 0.369 e. The molecule has 0 heterocycles. The molecular weight excluding hydrogens is 236 g/mol. The van der Waals surface area contributed by atoms with E-state index in [2.05, 4.69) is 35.4 Å². The molecule has 0 amide bonds. The maximum absolute atomic E-state index is 5.53. The van der Waals surface area contributed by atoms with E-state index in [1.807, 2.05) is 0 Å². The van der Waals surface area contributed by atoms with Gasteiger partial charge in [0.15, 0.2) is 0 Å². The summed E-state index contributed by atoms with van der Waals surface area (Å²) in [6.45, 7) is 4.34. The number of nitrogens with two attached hydrogens (primary N) is 1. The quantitative estimate of drug-likeness (QED) is 0.427. The molecule has 0 bridgehead atoms. The van der Waals surface area contributed by atoms with Gasteiger partial charge in [-0.3, -0.25) is 4.99 Å². The zero-order valence-corrected chi connectivity index (χ0v) is 11.3. The second-order valence-corrected chi connectivity index (χ2v) is 4.47. The van der Waals surface area contributed by atoms with Crippen LogP contribution in [0.15, 0.2) is 32.9 Å². The van der Waals surface area contributed by atoms with Gasteiger partial charge in [0.25, 0.3) is 0 Å². The Bertz CT molecular complexity index is 432. The molecule has 0 aromatic rings. The highest BCUT2D eigenvalue weighted by atomic mass is 35.5. The van der Waals surface area contributed by atoms with Crippen molar-refractivity contribution < 1.29 is 0 Å². The van der Waals surface area contributed by atoms with Gasteiger partial charge >= 0.3 is 0 Å². The maximum Gasteiger partial charge on any atom is 0.209 e. The fraction of sp³-hybridized carbons (Fsp3) is 0.500. The first kappa shape index (κ1) is 13.8. The smallest absolute Gasteiger partial charge is 0.209 e. The second-order valence-electron chi connectivity index (χ2n) is 4.47. The maximum atomic E-state index is 5.53. The van der Waals surface area contributed by atoms with Crippen molar-refractivity contribution in [1.29, 1.82) is 0 Å². The number of aliphatic imine (C=N–C) groups is 1. The minimum Gasteiger partial charge on any atom is -0.369 e. The Morgan fingerprint density at radius 1 is 1.41 bits per heavy atom. The lowest BCUT2D eigenvalue weighted by molar-refractivity contribution is 0.580. The van der Waals surface area contributed by atoms with Gasteiger partial charge in [0, 0.05) is 7.05 Å². The lowest BCUT2D eigenvalue weighted by atomic mass is 9.69. The highest BCUT2D eigenvalue weighted by Crippen LogP contribution is 2.41. The average molecular weight is 255 g/mol. The predicted octanol–water partition coefficient (Wildman–Crippen LogP) is 1.98. The predicted molar refractivity (Wildman–Crippen MR) is 74.5 cm³/mol. The molecular formula is C12H19ClN4. The van der Waals surface area contributed by atoms with Crippen LogP contribution in [0.1, 0.15) is 26.7 Å². The third-order valence-corrected chi connectivity index (χ3v) is 3.16. The molecule has 0 saturated heterocycles. The van der Waals surface area contributed by atoms with Crippen molar-refractivity contribution in [3.05, 3.63) is 22.8 Å². The first-order valence-corrected chi connectivity index (χ1v) is 5.55. The van der Waals surface area contributed by atoms with Gasteiger partial charge in [0.2, 0.25) is 5.96 Å². The van der Waals surface area contributed by atoms with Crippen LogP contribution in [-0.4, -0.2) is 18.7 Å². The van der Waals surface area contributed by atoms with Crippen LogP contribution < -0.4 is 11.2 Å². The van der Waals surface area contributed by atoms with Gasteiger partial charge in [-0.25, -0.2) is 5.43 Å². The zero-order valence-electron chi connectivity index (χ0n) is 10.4. The number of allylic oxidation sites excluding steroid dienone is 4. The summed E-state index contributed by atoms with van der Waals surface area (Å²) in [5, 5.41) is 4.28. The van der Waals surface area contributed by atoms with Crippen molar-refractivity contribution in [2.75, 3.05) is 7.05 Å². The molecule has 1 saturated carbocycles. The molecule has 5 heteroatoms. The van der Waals surface area contributed by atoms with Gasteiger partial charge < -0.3 is 5.73 Å². The summed E-state index contributed by atoms with van der Waals surface area (Å²) in [7, 11) is 1.64. The fourth-order valence-electron chi connectivity index (χ4n) is 2.45. The van der Waals surface area contributed by atoms with Gasteiger partial charge in [-0.1, -0.05) is 11.6 Å². The molecule has 1 unspecified atom stereocenters. The molecule has 1 atom stereocenters. The van der Waals surface area contributed by atoms with E-state index in [4.69, 9.17) is 5.73 Å². The second kappa shape index (κ2) is 5.36. The molecule has 0 aromatic heterocycles. The Labute approximate surface area is 108 Å². The minimum absolute atomic E-state index is 0. The van der Waals surface area contributed by atoms with Crippen LogP contribution in [0.2, 0.25) is 0 Å². The SMILES string of the molecule is CN=C(N)NN=C1CC2CC(C)=CC(C)=C12.Cl. The number of rotatable bonds is 1. The molecule has 0 radical (unpaired) electrons. The minimum atomic E-state index is 0. The molecule has 2 rings (SSSR count). The fourth-order valence-corrected chi connectivity index (χ4v) is 2.45. The summed E-state index contributed by atoms with van der Waals surface area (Å²) in [5.74, 6) is 1.03. The molecule has 1 fully saturated rings. The van der Waals surface area contributed by atoms with E-state index in [-0.39, 0.29) is 12.4 Å². The van der Waals surface area contributed by atoms with Gasteiger partial charge in [-0.15, -0.1) is 12.4 Å². The average Bonchev–Trinajstić information content (AvgIpc) is 2.19. The van der Waals surface area contributed by atoms with Crippen molar-refractivity contribution in [2.24, 2.45) is 21.7 Å². The van der Waals surface area contributed by atoms with Crippen molar-refractivity contribution in [3.63, 3.8) is 0 Å². The van der Waals surface area contributed by atoms with E-state index in [9.17, 15) is 0 Å². The monoisotopic (exact) mass is 254 g/mol. The number of halogens is 1. The first-order valence-electron chi connectivity index (χ1n) is 5.55. The Kier molecular flexibility index (Phi) is 4.34. The number of fused-ring (bicyclic) bond motifs is 1. The standard InChI is InChI=1S/C12H18N4.ClH/c1-7-4-8(2)11-9(5-7)6-10(11)15-16-12(13)14-3;/h4,9H,5-6H2,1-3H3,(H3,13,14,16);1H. The number of hydrazone groups is 1. The highest BCUT2D eigenvalue weighted by Gasteiger charge is 2.34. The van der Waals surface area contributed by atoms with Crippen molar-refractivity contribution in [3.8, 4) is 0 Å². The highest BCUT2D eigenvalue weighted by molar-refractivity contribution is 6.08. The van der Waals surface area contributed by atoms with Crippen LogP contribution in [0.5, 0.6) is 0 Å². The summed E-state index contributed by atoms with van der Waals surface area (Å²) in [6.07, 6.45) is 4.46. The van der Waals surface area contributed by atoms with Crippen LogP contribution in [-0.2, 0) is 0 Å². The molecule has 4 nitrogen and oxygen atoms in total. The topological polar surface area (TPSA) is 62.8 Å². The van der Waals surface area contributed by atoms with Gasteiger partial charge in [-0.05, 0) is 43.8 Å². The third-order valence-electron chi connectivity index (χ3n) is 3.16. The Balaban J connectivity index is 0.00000144. The normalized spacial score (nSPS) is 25.8. The van der Waals surface area contributed by atoms with Crippen LogP contribution >= 0.6 is 12.4 Å². The zero-order chi connectivity index (χ0) is 11.7. The molecule has 0 aliphatic heterocycles. The Morgan fingerprint density at radius 3 is 2.71 bits per heavy atom. The lowest BCUT2D eigenvalue weighted by Crippen LogP contribution is -2.35. The Morgan fingerprint density at radius 2 is 2.12 bits per heavy atom. The van der Waals surface area contributed by atoms with Crippen LogP contribution in [0.4, 0.5) is 0 Å². The van der Waals surface area contributed by atoms with Crippen molar-refractivity contribution >= 4 is 24.1 Å². The van der Waals surface area contributed by atoms with Crippen LogP contribution in [0, 0.1) is 5.92 Å². The number of nitrogens with one attached hydrogen (secondary N) is 1. The van der Waals surface area contributed by atoms with Gasteiger partial charge in [0.05, 0.1) is 5.71 Å². The van der Waals surface area contributed by atoms with Gasteiger partial charge in [-0.2, -0.15) is 5.10 Å². The summed E-state index contributed by atoms with van der Waals surface area (Å²) >= 11 is 0. The molecule has 2 aliphatic carbocycles. The van der Waals surface area contributed by atoms with E-state index in [1.165, 1.54) is 23.1 Å². The van der Waals surface area contributed by atoms with Crippen molar-refractivity contribution in [2.45, 2.75) is 26.7 Å². The van der Waals surface area contributed by atoms with E-state index < -0.39 is 0 Å². The van der Waals surface area contributed by atoms with Crippen LogP contribution in [0.3, 0.4) is 0 Å². The summed E-state index contributed by atoms with van der Waals surface area (Å²) in [4.78, 5) is 3.80. The molecule has 2 aliphatic rings. The number of hydrogen-bond donors (Lipinski definition) is 2. The molecule has 0 aromatic carbocycles. The summed E-state index contributed by atoms with van der Waals surface area (Å²) < 4.78 is 0. The summed E-state index contributed by atoms with van der Waals surface area (Å²) in [6, 6.07) is 0. The van der Waals surface area contributed by atoms with E-state index in [0.717, 1.165) is 12.1 Å². The molecule has 94 valence electrons. The number of guanidine groups is 1. The Hall–Kier alpha value is -1.29. The lowest BCUT2D eigenvalue weighted by Gasteiger charge is -2.36. The van der Waals surface area contributed by atoms with E-state index >= 15 is 0 Å². The van der Waals surface area contributed by atoms with Crippen LogP contribution in [0.25, 0.3) is 0 Å².